The fourth-order valence-electron chi connectivity index (χ4n) is 9.30. The summed E-state index contributed by atoms with van der Waals surface area (Å²) in [7, 11) is 0. The SMILES string of the molecule is c1cc(-c2ccc3c(ccc4ccccc43)c2)cc(N(c2ccc(-c3ccc(-c4ccc5ccccc5c4)cc3)cc2)c2ccc(-c3cccc4oc5ccccc5c34)cc2)c1. The largest absolute Gasteiger partial charge is 0.456 e. The lowest BCUT2D eigenvalue weighted by Crippen LogP contribution is -2.10. The van der Waals surface area contributed by atoms with Crippen LogP contribution in [0.1, 0.15) is 0 Å². The standard InChI is InChI=1S/C60H39NO/c1-2-11-46-37-48(25-23-40(46)9-1)43-21-19-41(20-22-43)42-27-32-51(33-28-42)61(52-34-29-45(30-35-52)56-16-8-18-59-60(56)57-15-5-6-17-58(57)62-59)53-13-7-12-47(39-53)49-31-36-55-50(38-49)26-24-44-10-3-4-14-54(44)55/h1-39H. The number of anilines is 3. The summed E-state index contributed by atoms with van der Waals surface area (Å²) >= 11 is 0. The first-order valence-electron chi connectivity index (χ1n) is 21.2. The molecule has 0 N–H and O–H groups in total. The van der Waals surface area contributed by atoms with E-state index in [1.807, 2.05) is 12.1 Å². The summed E-state index contributed by atoms with van der Waals surface area (Å²) in [5.74, 6) is 0. The van der Waals surface area contributed by atoms with Crippen molar-refractivity contribution < 1.29 is 4.42 Å². The van der Waals surface area contributed by atoms with Gasteiger partial charge >= 0.3 is 0 Å². The number of hydrogen-bond acceptors (Lipinski definition) is 2. The molecular formula is C60H39NO. The third kappa shape index (κ3) is 6.29. The van der Waals surface area contributed by atoms with Gasteiger partial charge in [-0.05, 0) is 137 Å². The quantitative estimate of drug-likeness (QED) is 0.150. The van der Waals surface area contributed by atoms with Crippen molar-refractivity contribution in [2.75, 3.05) is 4.90 Å². The van der Waals surface area contributed by atoms with E-state index < -0.39 is 0 Å². The van der Waals surface area contributed by atoms with E-state index in [-0.39, 0.29) is 0 Å². The summed E-state index contributed by atoms with van der Waals surface area (Å²) in [6.07, 6.45) is 0. The van der Waals surface area contributed by atoms with Gasteiger partial charge in [0.05, 0.1) is 0 Å². The smallest absolute Gasteiger partial charge is 0.136 e. The molecule has 1 aromatic heterocycles. The molecule has 2 heteroatoms. The first-order chi connectivity index (χ1) is 30.7. The van der Waals surface area contributed by atoms with Crippen molar-refractivity contribution in [3.8, 4) is 44.5 Å². The highest BCUT2D eigenvalue weighted by atomic mass is 16.3. The van der Waals surface area contributed by atoms with Crippen LogP contribution in [0.3, 0.4) is 0 Å². The number of furan rings is 1. The van der Waals surface area contributed by atoms with Crippen LogP contribution >= 0.6 is 0 Å². The van der Waals surface area contributed by atoms with Crippen LogP contribution in [0.15, 0.2) is 241 Å². The molecular weight excluding hydrogens is 751 g/mol. The Balaban J connectivity index is 0.920. The zero-order valence-electron chi connectivity index (χ0n) is 33.9. The lowest BCUT2D eigenvalue weighted by atomic mass is 9.97. The summed E-state index contributed by atoms with van der Waals surface area (Å²) in [4.78, 5) is 2.36. The minimum Gasteiger partial charge on any atom is -0.456 e. The predicted octanol–water partition coefficient (Wildman–Crippen LogP) is 17.2. The third-order valence-electron chi connectivity index (χ3n) is 12.4. The van der Waals surface area contributed by atoms with Crippen LogP contribution in [0.5, 0.6) is 0 Å². The Morgan fingerprint density at radius 1 is 0.258 bits per heavy atom. The van der Waals surface area contributed by atoms with Gasteiger partial charge in [-0.2, -0.15) is 0 Å². The molecule has 62 heavy (non-hydrogen) atoms. The van der Waals surface area contributed by atoms with E-state index in [2.05, 4.69) is 229 Å². The van der Waals surface area contributed by atoms with Crippen molar-refractivity contribution in [1.29, 1.82) is 0 Å². The van der Waals surface area contributed by atoms with E-state index in [9.17, 15) is 0 Å². The predicted molar refractivity (Wildman–Crippen MR) is 263 cm³/mol. The van der Waals surface area contributed by atoms with Crippen LogP contribution in [-0.2, 0) is 0 Å². The topological polar surface area (TPSA) is 16.4 Å². The minimum atomic E-state index is 0.900. The van der Waals surface area contributed by atoms with Gasteiger partial charge in [0.25, 0.3) is 0 Å². The van der Waals surface area contributed by atoms with Gasteiger partial charge in [-0.15, -0.1) is 0 Å². The third-order valence-corrected chi connectivity index (χ3v) is 12.4. The molecule has 0 fully saturated rings. The maximum absolute atomic E-state index is 6.26. The van der Waals surface area contributed by atoms with Gasteiger partial charge in [-0.1, -0.05) is 176 Å². The van der Waals surface area contributed by atoms with Gasteiger partial charge in [-0.3, -0.25) is 0 Å². The number of benzene rings is 11. The zero-order chi connectivity index (χ0) is 41.0. The Kier molecular flexibility index (Phi) is 8.53. The van der Waals surface area contributed by atoms with Gasteiger partial charge in [0.2, 0.25) is 0 Å². The molecule has 0 radical (unpaired) electrons. The average molecular weight is 790 g/mol. The van der Waals surface area contributed by atoms with Gasteiger partial charge in [-0.25, -0.2) is 0 Å². The Morgan fingerprint density at radius 2 is 0.758 bits per heavy atom. The van der Waals surface area contributed by atoms with Gasteiger partial charge in [0.1, 0.15) is 11.2 Å². The Hall–Kier alpha value is -8.20. The monoisotopic (exact) mass is 789 g/mol. The Bertz CT molecular complexity index is 3620. The number of rotatable bonds is 7. The normalized spacial score (nSPS) is 11.5. The maximum Gasteiger partial charge on any atom is 0.136 e. The highest BCUT2D eigenvalue weighted by molar-refractivity contribution is 6.12. The van der Waals surface area contributed by atoms with E-state index in [0.717, 1.165) is 50.1 Å². The zero-order valence-corrected chi connectivity index (χ0v) is 33.9. The molecule has 0 bridgehead atoms. The Labute approximate surface area is 360 Å². The molecule has 0 spiro atoms. The van der Waals surface area contributed by atoms with E-state index in [1.54, 1.807) is 0 Å². The van der Waals surface area contributed by atoms with Crippen LogP contribution in [-0.4, -0.2) is 0 Å². The number of para-hydroxylation sites is 1. The average Bonchev–Trinajstić information content (AvgIpc) is 3.74. The molecule has 0 saturated carbocycles. The van der Waals surface area contributed by atoms with E-state index in [4.69, 9.17) is 4.42 Å². The van der Waals surface area contributed by atoms with Gasteiger partial charge < -0.3 is 9.32 Å². The molecule has 0 aliphatic heterocycles. The molecule has 12 rings (SSSR count). The first kappa shape index (κ1) is 35.7. The lowest BCUT2D eigenvalue weighted by Gasteiger charge is -2.26. The second-order valence-electron chi connectivity index (χ2n) is 16.1. The van der Waals surface area contributed by atoms with Crippen molar-refractivity contribution in [1.82, 2.24) is 0 Å². The van der Waals surface area contributed by atoms with Gasteiger partial charge in [0, 0.05) is 27.8 Å². The highest BCUT2D eigenvalue weighted by Gasteiger charge is 2.17. The molecule has 0 saturated heterocycles. The molecule has 2 nitrogen and oxygen atoms in total. The van der Waals surface area contributed by atoms with Crippen LogP contribution in [0.2, 0.25) is 0 Å². The van der Waals surface area contributed by atoms with Crippen molar-refractivity contribution in [2.45, 2.75) is 0 Å². The van der Waals surface area contributed by atoms with Crippen molar-refractivity contribution in [3.63, 3.8) is 0 Å². The maximum atomic E-state index is 6.26. The molecule has 0 unspecified atom stereocenters. The summed E-state index contributed by atoms with van der Waals surface area (Å²) < 4.78 is 6.26. The fraction of sp³-hybridized carbons (Fsp3) is 0. The molecule has 11 aromatic carbocycles. The Morgan fingerprint density at radius 3 is 1.55 bits per heavy atom. The van der Waals surface area contributed by atoms with Crippen LogP contribution in [0.4, 0.5) is 17.1 Å². The number of fused-ring (bicyclic) bond motifs is 7. The molecule has 1 heterocycles. The molecule has 0 atom stereocenters. The van der Waals surface area contributed by atoms with E-state index in [0.29, 0.717) is 0 Å². The first-order valence-corrected chi connectivity index (χ1v) is 21.2. The second-order valence-corrected chi connectivity index (χ2v) is 16.1. The van der Waals surface area contributed by atoms with Crippen molar-refractivity contribution in [2.24, 2.45) is 0 Å². The number of nitrogens with zero attached hydrogens (tertiary/aromatic N) is 1. The van der Waals surface area contributed by atoms with Crippen LogP contribution in [0.25, 0.3) is 98.8 Å². The lowest BCUT2D eigenvalue weighted by molar-refractivity contribution is 0.669. The highest BCUT2D eigenvalue weighted by Crippen LogP contribution is 2.41. The minimum absolute atomic E-state index is 0.900. The molecule has 0 amide bonds. The summed E-state index contributed by atoms with van der Waals surface area (Å²) in [5, 5.41) is 9.83. The molecule has 12 aromatic rings. The van der Waals surface area contributed by atoms with Gasteiger partial charge in [0.15, 0.2) is 0 Å². The van der Waals surface area contributed by atoms with Crippen molar-refractivity contribution in [3.05, 3.63) is 237 Å². The summed E-state index contributed by atoms with van der Waals surface area (Å²) in [6, 6.07) is 85.5. The molecule has 0 aliphatic rings. The summed E-state index contributed by atoms with van der Waals surface area (Å²) in [5.41, 5.74) is 14.5. The van der Waals surface area contributed by atoms with Crippen LogP contribution in [0, 0.1) is 0 Å². The second kappa shape index (κ2) is 14.8. The number of hydrogen-bond donors (Lipinski definition) is 0. The van der Waals surface area contributed by atoms with Crippen molar-refractivity contribution >= 4 is 71.3 Å². The summed E-state index contributed by atoms with van der Waals surface area (Å²) in [6.45, 7) is 0. The molecule has 290 valence electrons. The van der Waals surface area contributed by atoms with E-state index in [1.165, 1.54) is 65.7 Å². The van der Waals surface area contributed by atoms with E-state index >= 15 is 0 Å². The van der Waals surface area contributed by atoms with Crippen LogP contribution < -0.4 is 4.90 Å². The fourth-order valence-corrected chi connectivity index (χ4v) is 9.30. The molecule has 0 aliphatic carbocycles.